The van der Waals surface area contributed by atoms with Gasteiger partial charge in [-0.2, -0.15) is 11.3 Å². The van der Waals surface area contributed by atoms with Gasteiger partial charge in [-0.1, -0.05) is 0 Å². The van der Waals surface area contributed by atoms with Crippen LogP contribution in [0, 0.1) is 0 Å². The van der Waals surface area contributed by atoms with Crippen molar-refractivity contribution in [2.24, 2.45) is 0 Å². The number of nitrogen functional groups attached to an aromatic ring is 1. The summed E-state index contributed by atoms with van der Waals surface area (Å²) in [5.74, 6) is -0.0403. The number of amides is 1. The number of nitrogens with two attached hydrogens (primary N) is 1. The van der Waals surface area contributed by atoms with Crippen LogP contribution >= 0.6 is 11.3 Å². The molecule has 2 rings (SSSR count). The number of hydrogen-bond donors (Lipinski definition) is 2. The number of rotatable bonds is 5. The van der Waals surface area contributed by atoms with Crippen LogP contribution < -0.4 is 11.1 Å². The minimum Gasteiger partial charge on any atom is -0.397 e. The van der Waals surface area contributed by atoms with E-state index in [1.165, 1.54) is 5.56 Å². The van der Waals surface area contributed by atoms with E-state index in [1.54, 1.807) is 42.5 Å². The number of hydrogen-bond acceptors (Lipinski definition) is 4. The van der Waals surface area contributed by atoms with Gasteiger partial charge in [0.2, 0.25) is 0 Å². The summed E-state index contributed by atoms with van der Waals surface area (Å²) in [5.41, 5.74) is 9.39. The SMILES string of the molecule is CN(C)C(=O)c1ccc(NCCc2ccsc2)c(N)c1. The number of benzene rings is 1. The van der Waals surface area contributed by atoms with Gasteiger partial charge in [-0.25, -0.2) is 0 Å². The lowest BCUT2D eigenvalue weighted by molar-refractivity contribution is 0.0827. The third kappa shape index (κ3) is 3.51. The monoisotopic (exact) mass is 289 g/mol. The van der Waals surface area contributed by atoms with Gasteiger partial charge < -0.3 is 16.0 Å². The minimum absolute atomic E-state index is 0.0403. The Hall–Kier alpha value is -2.01. The standard InChI is InChI=1S/C15H19N3OS/c1-18(2)15(19)12-3-4-14(13(16)9-12)17-7-5-11-6-8-20-10-11/h3-4,6,8-10,17H,5,7,16H2,1-2H3. The molecule has 0 fully saturated rings. The highest BCUT2D eigenvalue weighted by Crippen LogP contribution is 2.20. The molecule has 1 aromatic heterocycles. The Labute approximate surface area is 123 Å². The molecular formula is C15H19N3OS. The molecule has 5 heteroatoms. The summed E-state index contributed by atoms with van der Waals surface area (Å²) in [5, 5.41) is 7.52. The third-order valence-corrected chi connectivity index (χ3v) is 3.75. The highest BCUT2D eigenvalue weighted by molar-refractivity contribution is 7.07. The average molecular weight is 289 g/mol. The number of carbonyl (C=O) groups excluding carboxylic acids is 1. The molecule has 4 nitrogen and oxygen atoms in total. The topological polar surface area (TPSA) is 58.4 Å². The van der Waals surface area contributed by atoms with E-state index in [0.29, 0.717) is 11.3 Å². The lowest BCUT2D eigenvalue weighted by atomic mass is 10.1. The Morgan fingerprint density at radius 1 is 1.35 bits per heavy atom. The molecule has 106 valence electrons. The first kappa shape index (κ1) is 14.4. The molecule has 1 aromatic carbocycles. The molecule has 2 aromatic rings. The molecule has 0 spiro atoms. The molecule has 1 heterocycles. The van der Waals surface area contributed by atoms with Crippen LogP contribution in [0.25, 0.3) is 0 Å². The summed E-state index contributed by atoms with van der Waals surface area (Å²) in [6.45, 7) is 0.821. The zero-order valence-corrected chi connectivity index (χ0v) is 12.5. The minimum atomic E-state index is -0.0403. The highest BCUT2D eigenvalue weighted by Gasteiger charge is 2.09. The fourth-order valence-electron chi connectivity index (χ4n) is 1.89. The molecule has 0 radical (unpaired) electrons. The van der Waals surface area contributed by atoms with E-state index in [1.807, 2.05) is 6.07 Å². The number of thiophene rings is 1. The molecule has 3 N–H and O–H groups in total. The fraction of sp³-hybridized carbons (Fsp3) is 0.267. The quantitative estimate of drug-likeness (QED) is 0.832. The molecule has 0 saturated carbocycles. The Bertz CT molecular complexity index is 579. The molecule has 0 saturated heterocycles. The van der Waals surface area contributed by atoms with Gasteiger partial charge in [0.25, 0.3) is 5.91 Å². The average Bonchev–Trinajstić information content (AvgIpc) is 2.92. The molecule has 0 unspecified atom stereocenters. The fourth-order valence-corrected chi connectivity index (χ4v) is 2.59. The summed E-state index contributed by atoms with van der Waals surface area (Å²) in [6, 6.07) is 7.50. The van der Waals surface area contributed by atoms with E-state index >= 15 is 0 Å². The largest absolute Gasteiger partial charge is 0.397 e. The number of carbonyl (C=O) groups is 1. The van der Waals surface area contributed by atoms with E-state index in [0.717, 1.165) is 18.7 Å². The first-order valence-corrected chi connectivity index (χ1v) is 7.38. The van der Waals surface area contributed by atoms with Gasteiger partial charge in [-0.3, -0.25) is 4.79 Å². The zero-order valence-electron chi connectivity index (χ0n) is 11.7. The third-order valence-electron chi connectivity index (χ3n) is 3.01. The first-order chi connectivity index (χ1) is 9.58. The molecule has 0 aliphatic carbocycles. The van der Waals surface area contributed by atoms with E-state index in [9.17, 15) is 4.79 Å². The second kappa shape index (κ2) is 6.43. The molecule has 0 aliphatic rings. The summed E-state index contributed by atoms with van der Waals surface area (Å²) in [7, 11) is 3.46. The molecule has 20 heavy (non-hydrogen) atoms. The molecule has 0 bridgehead atoms. The van der Waals surface area contributed by atoms with Crippen molar-refractivity contribution in [2.45, 2.75) is 6.42 Å². The smallest absolute Gasteiger partial charge is 0.253 e. The number of nitrogens with zero attached hydrogens (tertiary/aromatic N) is 1. The molecule has 0 atom stereocenters. The molecular weight excluding hydrogens is 270 g/mol. The van der Waals surface area contributed by atoms with Crippen LogP contribution in [0.2, 0.25) is 0 Å². The maximum absolute atomic E-state index is 11.8. The van der Waals surface area contributed by atoms with Gasteiger partial charge in [0.05, 0.1) is 11.4 Å². The Morgan fingerprint density at radius 3 is 2.75 bits per heavy atom. The summed E-state index contributed by atoms with van der Waals surface area (Å²) in [6.07, 6.45) is 0.960. The van der Waals surface area contributed by atoms with Crippen LogP contribution in [0.3, 0.4) is 0 Å². The Balaban J connectivity index is 1.97. The van der Waals surface area contributed by atoms with Crippen molar-refractivity contribution in [3.05, 3.63) is 46.2 Å². The molecule has 0 aliphatic heterocycles. The summed E-state index contributed by atoms with van der Waals surface area (Å²) < 4.78 is 0. The van der Waals surface area contributed by atoms with Gasteiger partial charge in [0.15, 0.2) is 0 Å². The van der Waals surface area contributed by atoms with Gasteiger partial charge in [0, 0.05) is 26.2 Å². The van der Waals surface area contributed by atoms with Gasteiger partial charge >= 0.3 is 0 Å². The first-order valence-electron chi connectivity index (χ1n) is 6.44. The van der Waals surface area contributed by atoms with Crippen molar-refractivity contribution in [1.82, 2.24) is 4.90 Å². The predicted molar refractivity (Wildman–Crippen MR) is 85.4 cm³/mol. The van der Waals surface area contributed by atoms with Crippen LogP contribution in [0.5, 0.6) is 0 Å². The predicted octanol–water partition coefficient (Wildman–Crippen LogP) is 2.69. The van der Waals surface area contributed by atoms with Crippen LogP contribution in [0.15, 0.2) is 35.0 Å². The van der Waals surface area contributed by atoms with Gasteiger partial charge in [0.1, 0.15) is 0 Å². The van der Waals surface area contributed by atoms with Crippen molar-refractivity contribution in [1.29, 1.82) is 0 Å². The summed E-state index contributed by atoms with van der Waals surface area (Å²) in [4.78, 5) is 13.4. The van der Waals surface area contributed by atoms with E-state index in [2.05, 4.69) is 22.1 Å². The normalized spacial score (nSPS) is 10.3. The number of nitrogens with one attached hydrogen (secondary N) is 1. The lowest BCUT2D eigenvalue weighted by Gasteiger charge is -2.13. The van der Waals surface area contributed by atoms with Crippen molar-refractivity contribution in [2.75, 3.05) is 31.7 Å². The van der Waals surface area contributed by atoms with E-state index in [4.69, 9.17) is 5.73 Å². The second-order valence-corrected chi connectivity index (χ2v) is 5.59. The van der Waals surface area contributed by atoms with Crippen molar-refractivity contribution < 1.29 is 4.79 Å². The summed E-state index contributed by atoms with van der Waals surface area (Å²) >= 11 is 1.70. The van der Waals surface area contributed by atoms with Crippen molar-refractivity contribution in [3.63, 3.8) is 0 Å². The van der Waals surface area contributed by atoms with Gasteiger partial charge in [-0.15, -0.1) is 0 Å². The van der Waals surface area contributed by atoms with Crippen LogP contribution in [0.1, 0.15) is 15.9 Å². The Morgan fingerprint density at radius 2 is 2.15 bits per heavy atom. The van der Waals surface area contributed by atoms with Crippen molar-refractivity contribution in [3.8, 4) is 0 Å². The molecule has 1 amide bonds. The lowest BCUT2D eigenvalue weighted by Crippen LogP contribution is -2.21. The Kier molecular flexibility index (Phi) is 4.63. The maximum atomic E-state index is 11.8. The van der Waals surface area contributed by atoms with Crippen LogP contribution in [-0.4, -0.2) is 31.4 Å². The van der Waals surface area contributed by atoms with E-state index < -0.39 is 0 Å². The van der Waals surface area contributed by atoms with Crippen LogP contribution in [-0.2, 0) is 6.42 Å². The maximum Gasteiger partial charge on any atom is 0.253 e. The van der Waals surface area contributed by atoms with Crippen molar-refractivity contribution >= 4 is 28.6 Å². The second-order valence-electron chi connectivity index (χ2n) is 4.81. The van der Waals surface area contributed by atoms with E-state index in [-0.39, 0.29) is 5.91 Å². The van der Waals surface area contributed by atoms with Gasteiger partial charge in [-0.05, 0) is 47.0 Å². The zero-order chi connectivity index (χ0) is 14.5. The number of anilines is 2. The highest BCUT2D eigenvalue weighted by atomic mass is 32.1. The van der Waals surface area contributed by atoms with Crippen LogP contribution in [0.4, 0.5) is 11.4 Å².